The molecule has 134 valence electrons. The van der Waals surface area contributed by atoms with Crippen molar-refractivity contribution in [3.05, 3.63) is 35.4 Å². The van der Waals surface area contributed by atoms with Crippen LogP contribution in [0.5, 0.6) is 0 Å². The van der Waals surface area contributed by atoms with E-state index < -0.39 is 17.6 Å². The Kier molecular flexibility index (Phi) is 4.54. The van der Waals surface area contributed by atoms with Crippen molar-refractivity contribution < 1.29 is 14.4 Å². The lowest BCUT2D eigenvalue weighted by atomic mass is 9.97. The summed E-state index contributed by atoms with van der Waals surface area (Å²) in [6.45, 7) is 4.07. The van der Waals surface area contributed by atoms with Gasteiger partial charge in [0.25, 0.3) is 5.91 Å². The van der Waals surface area contributed by atoms with E-state index in [9.17, 15) is 14.4 Å². The zero-order valence-corrected chi connectivity index (χ0v) is 15.0. The molecule has 0 unspecified atom stereocenters. The topological polar surface area (TPSA) is 69.7 Å². The molecule has 1 saturated heterocycles. The van der Waals surface area contributed by atoms with Crippen molar-refractivity contribution in [3.63, 3.8) is 0 Å². The molecule has 1 atom stereocenters. The standard InChI is InChI=1S/C19H25N3O3/c1-13-8-4-5-9-15(13)12-21(3)16(23)14(2)22-17(24)19(20-18(22)25)10-6-7-11-19/h4-5,8-9,14H,6-7,10-12H2,1-3H3,(H,20,25)/t14-/m1/s1. The molecule has 25 heavy (non-hydrogen) atoms. The molecule has 4 amide bonds. The van der Waals surface area contributed by atoms with Crippen LogP contribution in [-0.2, 0) is 16.1 Å². The molecule has 2 aliphatic rings. The maximum absolute atomic E-state index is 12.8. The Hall–Kier alpha value is -2.37. The van der Waals surface area contributed by atoms with Crippen LogP contribution in [0.2, 0.25) is 0 Å². The summed E-state index contributed by atoms with van der Waals surface area (Å²) in [5, 5.41) is 2.83. The molecule has 6 heteroatoms. The van der Waals surface area contributed by atoms with Gasteiger partial charge in [0.15, 0.2) is 0 Å². The summed E-state index contributed by atoms with van der Waals surface area (Å²) in [6.07, 6.45) is 3.17. The van der Waals surface area contributed by atoms with Gasteiger partial charge in [-0.1, -0.05) is 37.1 Å². The fourth-order valence-corrected chi connectivity index (χ4v) is 3.86. The number of imide groups is 1. The number of urea groups is 1. The number of carbonyl (C=O) groups is 3. The Bertz CT molecular complexity index is 710. The minimum Gasteiger partial charge on any atom is -0.340 e. The molecule has 3 rings (SSSR count). The first-order chi connectivity index (χ1) is 11.9. The van der Waals surface area contributed by atoms with E-state index >= 15 is 0 Å². The zero-order chi connectivity index (χ0) is 18.2. The second-order valence-electron chi connectivity index (χ2n) is 7.19. The SMILES string of the molecule is Cc1ccccc1CN(C)C(=O)[C@@H](C)N1C(=O)NC2(CCCC2)C1=O. The van der Waals surface area contributed by atoms with E-state index in [0.29, 0.717) is 19.4 Å². The van der Waals surface area contributed by atoms with E-state index in [0.717, 1.165) is 28.9 Å². The predicted molar refractivity (Wildman–Crippen MR) is 93.7 cm³/mol. The number of aryl methyl sites for hydroxylation is 1. The number of benzene rings is 1. The van der Waals surface area contributed by atoms with Crippen molar-refractivity contribution in [3.8, 4) is 0 Å². The number of nitrogens with one attached hydrogen (secondary N) is 1. The molecule has 0 radical (unpaired) electrons. The molecule has 1 spiro atoms. The summed E-state index contributed by atoms with van der Waals surface area (Å²) >= 11 is 0. The molecule has 0 bridgehead atoms. The van der Waals surface area contributed by atoms with Gasteiger partial charge >= 0.3 is 6.03 Å². The molecule has 1 aliphatic heterocycles. The number of carbonyl (C=O) groups excluding carboxylic acids is 3. The Morgan fingerprint density at radius 2 is 1.92 bits per heavy atom. The van der Waals surface area contributed by atoms with Gasteiger partial charge in [0, 0.05) is 13.6 Å². The molecule has 1 aliphatic carbocycles. The number of likely N-dealkylation sites (N-methyl/N-ethyl adjacent to an activating group) is 1. The molecule has 1 saturated carbocycles. The molecule has 0 aromatic heterocycles. The van der Waals surface area contributed by atoms with Gasteiger partial charge in [-0.3, -0.25) is 9.59 Å². The Balaban J connectivity index is 1.72. The van der Waals surface area contributed by atoms with Crippen LogP contribution in [0.3, 0.4) is 0 Å². The maximum atomic E-state index is 12.8. The Morgan fingerprint density at radius 1 is 1.28 bits per heavy atom. The molecular weight excluding hydrogens is 318 g/mol. The van der Waals surface area contributed by atoms with Crippen LogP contribution >= 0.6 is 0 Å². The van der Waals surface area contributed by atoms with Crippen LogP contribution < -0.4 is 5.32 Å². The van der Waals surface area contributed by atoms with Crippen molar-refractivity contribution in [1.29, 1.82) is 0 Å². The summed E-state index contributed by atoms with van der Waals surface area (Å²) in [5.41, 5.74) is 1.38. The maximum Gasteiger partial charge on any atom is 0.325 e. The number of hydrogen-bond donors (Lipinski definition) is 1. The second kappa shape index (κ2) is 6.50. The third-order valence-electron chi connectivity index (χ3n) is 5.44. The summed E-state index contributed by atoms with van der Waals surface area (Å²) < 4.78 is 0. The third kappa shape index (κ3) is 3.01. The van der Waals surface area contributed by atoms with Crippen molar-refractivity contribution >= 4 is 17.8 Å². The summed E-state index contributed by atoms with van der Waals surface area (Å²) in [7, 11) is 1.70. The van der Waals surface area contributed by atoms with E-state index in [1.807, 2.05) is 31.2 Å². The number of rotatable bonds is 4. The van der Waals surface area contributed by atoms with E-state index in [1.165, 1.54) is 0 Å². The van der Waals surface area contributed by atoms with Gasteiger partial charge in [0.2, 0.25) is 5.91 Å². The number of nitrogens with zero attached hydrogens (tertiary/aromatic N) is 2. The second-order valence-corrected chi connectivity index (χ2v) is 7.19. The van der Waals surface area contributed by atoms with Crippen molar-refractivity contribution in [1.82, 2.24) is 15.1 Å². The molecule has 6 nitrogen and oxygen atoms in total. The predicted octanol–water partition coefficient (Wildman–Crippen LogP) is 2.21. The average Bonchev–Trinajstić information content (AvgIpc) is 3.14. The number of hydrogen-bond acceptors (Lipinski definition) is 3. The van der Waals surface area contributed by atoms with Crippen LogP contribution in [-0.4, -0.2) is 46.3 Å². The summed E-state index contributed by atoms with van der Waals surface area (Å²) in [6, 6.07) is 6.62. The quantitative estimate of drug-likeness (QED) is 0.852. The highest BCUT2D eigenvalue weighted by molar-refractivity contribution is 6.09. The fraction of sp³-hybridized carbons (Fsp3) is 0.526. The van der Waals surface area contributed by atoms with E-state index in [4.69, 9.17) is 0 Å². The minimum atomic E-state index is -0.804. The molecule has 1 N–H and O–H groups in total. The van der Waals surface area contributed by atoms with Gasteiger partial charge in [-0.15, -0.1) is 0 Å². The van der Waals surface area contributed by atoms with Gasteiger partial charge in [0.1, 0.15) is 11.6 Å². The summed E-state index contributed by atoms with van der Waals surface area (Å²) in [5.74, 6) is -0.484. The molecule has 1 aromatic rings. The van der Waals surface area contributed by atoms with Crippen LogP contribution in [0, 0.1) is 6.92 Å². The first-order valence-corrected chi connectivity index (χ1v) is 8.81. The molecule has 1 heterocycles. The van der Waals surface area contributed by atoms with Crippen molar-refractivity contribution in [2.75, 3.05) is 7.05 Å². The van der Waals surface area contributed by atoms with Crippen LogP contribution in [0.4, 0.5) is 4.79 Å². The van der Waals surface area contributed by atoms with E-state index in [2.05, 4.69) is 5.32 Å². The molecule has 2 fully saturated rings. The van der Waals surface area contributed by atoms with Crippen molar-refractivity contribution in [2.45, 2.75) is 57.7 Å². The van der Waals surface area contributed by atoms with Crippen LogP contribution in [0.1, 0.15) is 43.7 Å². The molecular formula is C19H25N3O3. The highest BCUT2D eigenvalue weighted by Gasteiger charge is 2.54. The van der Waals surface area contributed by atoms with Gasteiger partial charge in [-0.05, 0) is 37.8 Å². The highest BCUT2D eigenvalue weighted by Crippen LogP contribution is 2.35. The smallest absolute Gasteiger partial charge is 0.325 e. The Morgan fingerprint density at radius 3 is 2.56 bits per heavy atom. The monoisotopic (exact) mass is 343 g/mol. The van der Waals surface area contributed by atoms with Gasteiger partial charge in [-0.2, -0.15) is 0 Å². The third-order valence-corrected chi connectivity index (χ3v) is 5.44. The van der Waals surface area contributed by atoms with E-state index in [-0.39, 0.29) is 11.8 Å². The van der Waals surface area contributed by atoms with E-state index in [1.54, 1.807) is 18.9 Å². The molecule has 1 aromatic carbocycles. The number of amides is 4. The minimum absolute atomic E-state index is 0.234. The zero-order valence-electron chi connectivity index (χ0n) is 15.0. The lowest BCUT2D eigenvalue weighted by Crippen LogP contribution is -2.50. The fourth-order valence-electron chi connectivity index (χ4n) is 3.86. The van der Waals surface area contributed by atoms with Crippen LogP contribution in [0.25, 0.3) is 0 Å². The lowest BCUT2D eigenvalue weighted by Gasteiger charge is -2.27. The highest BCUT2D eigenvalue weighted by atomic mass is 16.2. The van der Waals surface area contributed by atoms with Gasteiger partial charge in [-0.25, -0.2) is 9.69 Å². The van der Waals surface area contributed by atoms with Gasteiger partial charge in [0.05, 0.1) is 0 Å². The Labute approximate surface area is 148 Å². The first kappa shape index (κ1) is 17.5. The van der Waals surface area contributed by atoms with Crippen LogP contribution in [0.15, 0.2) is 24.3 Å². The summed E-state index contributed by atoms with van der Waals surface area (Å²) in [4.78, 5) is 40.6. The van der Waals surface area contributed by atoms with Gasteiger partial charge < -0.3 is 10.2 Å². The van der Waals surface area contributed by atoms with Crippen molar-refractivity contribution in [2.24, 2.45) is 0 Å². The lowest BCUT2D eigenvalue weighted by molar-refractivity contribution is -0.142. The first-order valence-electron chi connectivity index (χ1n) is 8.81. The largest absolute Gasteiger partial charge is 0.340 e. The normalized spacial score (nSPS) is 20.0. The average molecular weight is 343 g/mol.